The zero-order valence-electron chi connectivity index (χ0n) is 10.6. The Labute approximate surface area is 126 Å². The molecule has 3 rings (SSSR count). The van der Waals surface area contributed by atoms with Crippen molar-refractivity contribution in [1.29, 1.82) is 0 Å². The normalized spacial score (nSPS) is 15.3. The van der Waals surface area contributed by atoms with Gasteiger partial charge in [0.15, 0.2) is 0 Å². The summed E-state index contributed by atoms with van der Waals surface area (Å²) in [5, 5.41) is 4.06. The van der Waals surface area contributed by atoms with Crippen LogP contribution in [0.2, 0.25) is 10.0 Å². The van der Waals surface area contributed by atoms with Crippen LogP contribution < -0.4 is 5.32 Å². The molecule has 0 saturated heterocycles. The van der Waals surface area contributed by atoms with Gasteiger partial charge in [-0.1, -0.05) is 23.2 Å². The highest BCUT2D eigenvalue weighted by molar-refractivity contribution is 6.54. The number of nitrogens with one attached hydrogen (secondary N) is 1. The molecule has 2 aromatic carbocycles. The first-order valence-electron chi connectivity index (χ1n) is 6.01. The molecule has 1 amide bonds. The number of hydrogen-bond acceptors (Lipinski definition) is 2. The lowest BCUT2D eigenvalue weighted by atomic mass is 10.1. The number of anilines is 1. The van der Waals surface area contributed by atoms with Gasteiger partial charge in [0, 0.05) is 15.6 Å². The molecule has 2 aromatic rings. The fourth-order valence-corrected chi connectivity index (χ4v) is 2.38. The van der Waals surface area contributed by atoms with Crippen LogP contribution in [0, 0.1) is 6.92 Å². The fourth-order valence-electron chi connectivity index (χ4n) is 2.10. The number of aliphatic imine (C=N–C) groups is 1. The summed E-state index contributed by atoms with van der Waals surface area (Å²) in [5.74, 6) is -0.222. The Morgan fingerprint density at radius 3 is 2.45 bits per heavy atom. The van der Waals surface area contributed by atoms with Gasteiger partial charge in [0.25, 0.3) is 5.91 Å². The topological polar surface area (TPSA) is 41.5 Å². The van der Waals surface area contributed by atoms with Gasteiger partial charge < -0.3 is 5.32 Å². The molecule has 0 spiro atoms. The van der Waals surface area contributed by atoms with E-state index in [0.29, 0.717) is 21.4 Å². The number of hydrogen-bond donors (Lipinski definition) is 1. The first-order chi connectivity index (χ1) is 9.56. The monoisotopic (exact) mass is 304 g/mol. The summed E-state index contributed by atoms with van der Waals surface area (Å²) in [7, 11) is 0. The third-order valence-corrected chi connectivity index (χ3v) is 3.84. The third kappa shape index (κ3) is 2.19. The molecule has 1 heterocycles. The minimum Gasteiger partial charge on any atom is -0.320 e. The van der Waals surface area contributed by atoms with Crippen molar-refractivity contribution in [2.75, 3.05) is 5.32 Å². The second kappa shape index (κ2) is 4.93. The number of carbonyl (C=O) groups is 1. The molecule has 0 bridgehead atoms. The highest BCUT2D eigenvalue weighted by atomic mass is 35.5. The Morgan fingerprint density at radius 1 is 1.05 bits per heavy atom. The Balaban J connectivity index is 2.11. The van der Waals surface area contributed by atoms with Gasteiger partial charge in [0.05, 0.1) is 11.4 Å². The average molecular weight is 305 g/mol. The molecule has 0 saturated carbocycles. The SMILES string of the molecule is Cc1c(Cl)ccc2c1NC(=O)C2=Nc1ccc(Cl)cc1. The van der Waals surface area contributed by atoms with E-state index in [9.17, 15) is 4.79 Å². The van der Waals surface area contributed by atoms with Gasteiger partial charge in [-0.2, -0.15) is 0 Å². The second-order valence-electron chi connectivity index (χ2n) is 4.49. The molecule has 0 aliphatic carbocycles. The number of rotatable bonds is 1. The lowest BCUT2D eigenvalue weighted by molar-refractivity contribution is -0.110. The smallest absolute Gasteiger partial charge is 0.275 e. The van der Waals surface area contributed by atoms with Crippen LogP contribution >= 0.6 is 23.2 Å². The number of amides is 1. The Hall–Kier alpha value is -1.84. The van der Waals surface area contributed by atoms with Crippen LogP contribution in [0.25, 0.3) is 0 Å². The number of benzene rings is 2. The van der Waals surface area contributed by atoms with Gasteiger partial charge in [-0.15, -0.1) is 0 Å². The quantitative estimate of drug-likeness (QED) is 0.835. The summed E-state index contributed by atoms with van der Waals surface area (Å²) in [5.41, 5.74) is 3.42. The standard InChI is InChI=1S/C15H10Cl2N2O/c1-8-12(17)7-6-11-13(8)19-15(20)14(11)18-10-4-2-9(16)3-5-10/h2-7H,1H3,(H,18,19,20). The molecule has 3 nitrogen and oxygen atoms in total. The minimum atomic E-state index is -0.222. The molecule has 5 heteroatoms. The average Bonchev–Trinajstić information content (AvgIpc) is 2.74. The van der Waals surface area contributed by atoms with Crippen LogP contribution in [0.3, 0.4) is 0 Å². The lowest BCUT2D eigenvalue weighted by Crippen LogP contribution is -2.13. The van der Waals surface area contributed by atoms with Gasteiger partial charge in [0.1, 0.15) is 5.71 Å². The third-order valence-electron chi connectivity index (χ3n) is 3.18. The zero-order valence-corrected chi connectivity index (χ0v) is 12.1. The van der Waals surface area contributed by atoms with Crippen molar-refractivity contribution in [2.45, 2.75) is 6.92 Å². The molecular formula is C15H10Cl2N2O. The molecule has 0 radical (unpaired) electrons. The van der Waals surface area contributed by atoms with Crippen LogP contribution in [0.1, 0.15) is 11.1 Å². The molecule has 0 atom stereocenters. The van der Waals surface area contributed by atoms with Crippen molar-refractivity contribution in [3.05, 3.63) is 57.6 Å². The Kier molecular flexibility index (Phi) is 3.24. The van der Waals surface area contributed by atoms with Crippen molar-refractivity contribution in [2.24, 2.45) is 4.99 Å². The van der Waals surface area contributed by atoms with Crippen LogP contribution in [-0.4, -0.2) is 11.6 Å². The summed E-state index contributed by atoms with van der Waals surface area (Å²) in [6.07, 6.45) is 0. The van der Waals surface area contributed by atoms with E-state index in [0.717, 1.165) is 16.8 Å². The van der Waals surface area contributed by atoms with Crippen molar-refractivity contribution >= 4 is 46.2 Å². The summed E-state index contributed by atoms with van der Waals surface area (Å²) < 4.78 is 0. The Morgan fingerprint density at radius 2 is 1.75 bits per heavy atom. The molecule has 1 N–H and O–H groups in total. The number of fused-ring (bicyclic) bond motifs is 1. The maximum Gasteiger partial charge on any atom is 0.275 e. The van der Waals surface area contributed by atoms with E-state index in [4.69, 9.17) is 23.2 Å². The van der Waals surface area contributed by atoms with E-state index in [1.54, 1.807) is 36.4 Å². The van der Waals surface area contributed by atoms with Crippen molar-refractivity contribution in [1.82, 2.24) is 0 Å². The number of nitrogens with zero attached hydrogens (tertiary/aromatic N) is 1. The van der Waals surface area contributed by atoms with Crippen LogP contribution in [0.5, 0.6) is 0 Å². The first-order valence-corrected chi connectivity index (χ1v) is 6.77. The molecule has 1 aliphatic heterocycles. The van der Waals surface area contributed by atoms with Gasteiger partial charge >= 0.3 is 0 Å². The van der Waals surface area contributed by atoms with Crippen LogP contribution in [0.15, 0.2) is 41.4 Å². The van der Waals surface area contributed by atoms with Gasteiger partial charge in [0.2, 0.25) is 0 Å². The number of halogens is 2. The van der Waals surface area contributed by atoms with Gasteiger partial charge in [-0.3, -0.25) is 4.79 Å². The minimum absolute atomic E-state index is 0.222. The molecule has 0 fully saturated rings. The van der Waals surface area contributed by atoms with E-state index in [1.165, 1.54) is 0 Å². The van der Waals surface area contributed by atoms with Gasteiger partial charge in [-0.05, 0) is 48.9 Å². The van der Waals surface area contributed by atoms with E-state index in [2.05, 4.69) is 10.3 Å². The lowest BCUT2D eigenvalue weighted by Gasteiger charge is -2.04. The van der Waals surface area contributed by atoms with E-state index in [1.807, 2.05) is 6.92 Å². The maximum atomic E-state index is 12.1. The maximum absolute atomic E-state index is 12.1. The van der Waals surface area contributed by atoms with E-state index >= 15 is 0 Å². The Bertz CT molecular complexity index is 736. The molecule has 1 aliphatic rings. The van der Waals surface area contributed by atoms with Crippen molar-refractivity contribution in [3.8, 4) is 0 Å². The van der Waals surface area contributed by atoms with Crippen molar-refractivity contribution < 1.29 is 4.79 Å². The molecule has 0 aromatic heterocycles. The summed E-state index contributed by atoms with van der Waals surface area (Å²) in [4.78, 5) is 16.5. The zero-order chi connectivity index (χ0) is 14.3. The predicted molar refractivity (Wildman–Crippen MR) is 82.5 cm³/mol. The van der Waals surface area contributed by atoms with E-state index < -0.39 is 0 Å². The van der Waals surface area contributed by atoms with Crippen LogP contribution in [-0.2, 0) is 4.79 Å². The summed E-state index contributed by atoms with van der Waals surface area (Å²) >= 11 is 11.9. The summed E-state index contributed by atoms with van der Waals surface area (Å²) in [6, 6.07) is 10.6. The molecular weight excluding hydrogens is 295 g/mol. The van der Waals surface area contributed by atoms with Crippen LogP contribution in [0.4, 0.5) is 11.4 Å². The molecule has 100 valence electrons. The molecule has 20 heavy (non-hydrogen) atoms. The summed E-state index contributed by atoms with van der Waals surface area (Å²) in [6.45, 7) is 1.87. The molecule has 0 unspecified atom stereocenters. The predicted octanol–water partition coefficient (Wildman–Crippen LogP) is 4.37. The highest BCUT2D eigenvalue weighted by Crippen LogP contribution is 2.33. The van der Waals surface area contributed by atoms with Gasteiger partial charge in [-0.25, -0.2) is 4.99 Å². The fraction of sp³-hybridized carbons (Fsp3) is 0.0667. The van der Waals surface area contributed by atoms with Crippen molar-refractivity contribution in [3.63, 3.8) is 0 Å². The second-order valence-corrected chi connectivity index (χ2v) is 5.33. The largest absolute Gasteiger partial charge is 0.320 e. The highest BCUT2D eigenvalue weighted by Gasteiger charge is 2.27. The number of carbonyl (C=O) groups excluding carboxylic acids is 1. The van der Waals surface area contributed by atoms with E-state index in [-0.39, 0.29) is 5.91 Å². The first kappa shape index (κ1) is 13.2.